The van der Waals surface area contributed by atoms with Crippen LogP contribution < -0.4 is 0 Å². The molecule has 6 nitrogen and oxygen atoms in total. The van der Waals surface area contributed by atoms with Gasteiger partial charge >= 0.3 is 17.6 Å². The van der Waals surface area contributed by atoms with Crippen LogP contribution in [0.1, 0.15) is 93.9 Å². The van der Waals surface area contributed by atoms with E-state index in [0.29, 0.717) is 39.6 Å². The molecule has 0 aliphatic heterocycles. The molecule has 0 bridgehead atoms. The molecule has 0 saturated heterocycles. The highest BCUT2D eigenvalue weighted by Crippen LogP contribution is 2.38. The Labute approximate surface area is 221 Å². The summed E-state index contributed by atoms with van der Waals surface area (Å²) in [5.74, 6) is 1.85. The van der Waals surface area contributed by atoms with E-state index in [9.17, 15) is 0 Å². The zero-order chi connectivity index (χ0) is 25.7. The third-order valence-corrected chi connectivity index (χ3v) is 14.8. The van der Waals surface area contributed by atoms with Crippen LogP contribution in [-0.2, 0) is 26.6 Å². The maximum atomic E-state index is 6.33. The third-order valence-electron chi connectivity index (χ3n) is 4.97. The molecule has 0 saturated carbocycles. The average molecular weight is 559 g/mol. The van der Waals surface area contributed by atoms with Crippen LogP contribution >= 0.6 is 21.6 Å². The summed E-state index contributed by atoms with van der Waals surface area (Å²) in [5, 5.41) is 0. The molecule has 34 heavy (non-hydrogen) atoms. The predicted molar refractivity (Wildman–Crippen MR) is 153 cm³/mol. The molecule has 0 aliphatic carbocycles. The molecule has 10 heteroatoms. The zero-order valence-electron chi connectivity index (χ0n) is 23.3. The summed E-state index contributed by atoms with van der Waals surface area (Å²) in [6.45, 7) is 21.4. The Bertz CT molecular complexity index is 382. The lowest BCUT2D eigenvalue weighted by molar-refractivity contribution is 0.0522. The summed E-state index contributed by atoms with van der Waals surface area (Å²) in [6, 6.07) is 0. The third kappa shape index (κ3) is 13.4. The fourth-order valence-corrected chi connectivity index (χ4v) is 13.5. The van der Waals surface area contributed by atoms with E-state index >= 15 is 0 Å². The van der Waals surface area contributed by atoms with Crippen molar-refractivity contribution in [1.82, 2.24) is 0 Å². The van der Waals surface area contributed by atoms with Crippen molar-refractivity contribution in [2.45, 2.75) is 105 Å². The SMILES string of the molecule is CCCO[Si](OCCC)(OCCC)C(C)CSSCC(C)[Si](OCCC)(OCCC)OCCC. The van der Waals surface area contributed by atoms with E-state index in [-0.39, 0.29) is 11.1 Å². The maximum absolute atomic E-state index is 6.33. The highest BCUT2D eigenvalue weighted by Gasteiger charge is 2.48. The summed E-state index contributed by atoms with van der Waals surface area (Å²) in [4.78, 5) is 0. The van der Waals surface area contributed by atoms with Gasteiger partial charge in [0.15, 0.2) is 0 Å². The predicted octanol–water partition coefficient (Wildman–Crippen LogP) is 7.59. The van der Waals surface area contributed by atoms with Crippen molar-refractivity contribution in [2.24, 2.45) is 0 Å². The quantitative estimate of drug-likeness (QED) is 0.0645. The monoisotopic (exact) mass is 558 g/mol. The van der Waals surface area contributed by atoms with Gasteiger partial charge in [0.05, 0.1) is 0 Å². The molecular formula is C24H54O6S2Si2. The molecule has 0 aliphatic rings. The van der Waals surface area contributed by atoms with Crippen molar-refractivity contribution in [1.29, 1.82) is 0 Å². The number of hydrogen-bond acceptors (Lipinski definition) is 8. The van der Waals surface area contributed by atoms with Crippen LogP contribution in [0.4, 0.5) is 0 Å². The van der Waals surface area contributed by atoms with E-state index in [4.69, 9.17) is 26.6 Å². The molecule has 0 aromatic heterocycles. The lowest BCUT2D eigenvalue weighted by atomic mass is 10.5. The fraction of sp³-hybridized carbons (Fsp3) is 1.00. The van der Waals surface area contributed by atoms with E-state index in [1.165, 1.54) is 0 Å². The van der Waals surface area contributed by atoms with Crippen molar-refractivity contribution >= 4 is 39.2 Å². The lowest BCUT2D eigenvalue weighted by Gasteiger charge is -2.35. The molecule has 0 rings (SSSR count). The second-order valence-electron chi connectivity index (χ2n) is 8.67. The van der Waals surface area contributed by atoms with Crippen LogP contribution in [0.2, 0.25) is 11.1 Å². The molecule has 2 unspecified atom stereocenters. The van der Waals surface area contributed by atoms with Crippen LogP contribution in [0.25, 0.3) is 0 Å². The van der Waals surface area contributed by atoms with Gasteiger partial charge in [0.25, 0.3) is 0 Å². The first kappa shape index (κ1) is 34.9. The fourth-order valence-electron chi connectivity index (χ4n) is 3.07. The molecule has 206 valence electrons. The molecule has 0 amide bonds. The molecule has 2 atom stereocenters. The van der Waals surface area contributed by atoms with Crippen LogP contribution in [0, 0.1) is 0 Å². The van der Waals surface area contributed by atoms with Gasteiger partial charge in [-0.05, 0) is 38.5 Å². The van der Waals surface area contributed by atoms with E-state index in [1.54, 1.807) is 0 Å². The van der Waals surface area contributed by atoms with Gasteiger partial charge in [-0.1, -0.05) is 77.0 Å². The van der Waals surface area contributed by atoms with Crippen LogP contribution in [0.5, 0.6) is 0 Å². The van der Waals surface area contributed by atoms with Crippen molar-refractivity contribution in [3.05, 3.63) is 0 Å². The Hall–Kier alpha value is 0.894. The normalized spacial score (nSPS) is 14.5. The van der Waals surface area contributed by atoms with Gasteiger partial charge in [-0.3, -0.25) is 0 Å². The summed E-state index contributed by atoms with van der Waals surface area (Å²) in [6.07, 6.45) is 5.78. The van der Waals surface area contributed by atoms with Gasteiger partial charge in [0.1, 0.15) is 0 Å². The van der Waals surface area contributed by atoms with Crippen molar-refractivity contribution < 1.29 is 26.6 Å². The van der Waals surface area contributed by atoms with Crippen LogP contribution in [-0.4, -0.2) is 68.8 Å². The molecule has 0 aromatic carbocycles. The second kappa shape index (κ2) is 21.9. The molecule has 0 heterocycles. The van der Waals surface area contributed by atoms with Crippen molar-refractivity contribution in [2.75, 3.05) is 51.1 Å². The Morgan fingerprint density at radius 1 is 0.441 bits per heavy atom. The largest absolute Gasteiger partial charge is 0.504 e. The first-order valence-corrected chi connectivity index (χ1v) is 19.6. The van der Waals surface area contributed by atoms with E-state index in [1.807, 2.05) is 21.6 Å². The minimum atomic E-state index is -2.73. The summed E-state index contributed by atoms with van der Waals surface area (Å²) < 4.78 is 38.0. The number of hydrogen-bond donors (Lipinski definition) is 0. The van der Waals surface area contributed by atoms with Crippen LogP contribution in [0.3, 0.4) is 0 Å². The second-order valence-corrected chi connectivity index (χ2v) is 17.3. The van der Waals surface area contributed by atoms with Gasteiger partial charge in [-0.2, -0.15) is 0 Å². The van der Waals surface area contributed by atoms with Gasteiger partial charge in [0.2, 0.25) is 0 Å². The van der Waals surface area contributed by atoms with E-state index < -0.39 is 17.6 Å². The molecule has 0 radical (unpaired) electrons. The Morgan fingerprint density at radius 2 is 0.647 bits per heavy atom. The molecule has 0 fully saturated rings. The summed E-state index contributed by atoms with van der Waals surface area (Å²) in [5.41, 5.74) is 0.465. The van der Waals surface area contributed by atoms with Gasteiger partial charge in [0, 0.05) is 62.2 Å². The summed E-state index contributed by atoms with van der Waals surface area (Å²) >= 11 is 0. The van der Waals surface area contributed by atoms with E-state index in [2.05, 4.69) is 55.4 Å². The average Bonchev–Trinajstić information content (AvgIpc) is 2.85. The zero-order valence-corrected chi connectivity index (χ0v) is 27.0. The highest BCUT2D eigenvalue weighted by molar-refractivity contribution is 8.76. The molecular weight excluding hydrogens is 505 g/mol. The minimum absolute atomic E-state index is 0.232. The van der Waals surface area contributed by atoms with Crippen molar-refractivity contribution in [3.63, 3.8) is 0 Å². The number of rotatable bonds is 25. The summed E-state index contributed by atoms with van der Waals surface area (Å²) in [7, 11) is -1.71. The topological polar surface area (TPSA) is 55.4 Å². The van der Waals surface area contributed by atoms with Crippen LogP contribution in [0.15, 0.2) is 0 Å². The highest BCUT2D eigenvalue weighted by atomic mass is 33.1. The van der Waals surface area contributed by atoms with Crippen molar-refractivity contribution in [3.8, 4) is 0 Å². The minimum Gasteiger partial charge on any atom is -0.373 e. The lowest BCUT2D eigenvalue weighted by Crippen LogP contribution is -2.51. The van der Waals surface area contributed by atoms with Gasteiger partial charge in [-0.25, -0.2) is 0 Å². The first-order valence-electron chi connectivity index (χ1n) is 13.5. The smallest absolute Gasteiger partial charge is 0.373 e. The Morgan fingerprint density at radius 3 is 0.824 bits per heavy atom. The van der Waals surface area contributed by atoms with E-state index in [0.717, 1.165) is 50.0 Å². The van der Waals surface area contributed by atoms with Gasteiger partial charge in [-0.15, -0.1) is 0 Å². The van der Waals surface area contributed by atoms with Gasteiger partial charge < -0.3 is 26.6 Å². The first-order chi connectivity index (χ1) is 16.4. The standard InChI is InChI=1S/C24H54O6S2Si2/c1-9-15-25-33(26-16-10-2,27-17-11-3)23(7)21-31-32-22-24(8)34(28-18-12-4,29-19-13-5)30-20-14-6/h23-24H,9-22H2,1-8H3. The molecule has 0 spiro atoms. The Kier molecular flexibility index (Phi) is 22.5. The maximum Gasteiger partial charge on any atom is 0.504 e. The molecule has 0 N–H and O–H groups in total. The molecule has 0 aromatic rings. The Balaban J connectivity index is 5.12.